The smallest absolute Gasteiger partial charge is 0.319 e. The van der Waals surface area contributed by atoms with E-state index in [9.17, 15) is 9.59 Å². The summed E-state index contributed by atoms with van der Waals surface area (Å²) in [5, 5.41) is 5.65. The van der Waals surface area contributed by atoms with E-state index in [1.807, 2.05) is 43.3 Å². The maximum atomic E-state index is 12.3. The average Bonchev–Trinajstić information content (AvgIpc) is 2.61. The molecule has 1 unspecified atom stereocenters. The number of nitrogens with zero attached hydrogens (tertiary/aromatic N) is 1. The van der Waals surface area contributed by atoms with Gasteiger partial charge >= 0.3 is 6.03 Å². The maximum absolute atomic E-state index is 12.3. The highest BCUT2D eigenvalue weighted by Crippen LogP contribution is 2.22. The van der Waals surface area contributed by atoms with E-state index < -0.39 is 5.91 Å². The van der Waals surface area contributed by atoms with Crippen LogP contribution in [0.1, 0.15) is 27.5 Å². The van der Waals surface area contributed by atoms with Crippen molar-refractivity contribution in [2.24, 2.45) is 5.73 Å². The van der Waals surface area contributed by atoms with E-state index in [2.05, 4.69) is 10.6 Å². The van der Waals surface area contributed by atoms with E-state index >= 15 is 0 Å². The third kappa shape index (κ3) is 5.46. The van der Waals surface area contributed by atoms with Crippen molar-refractivity contribution < 1.29 is 14.3 Å². The fourth-order valence-electron chi connectivity index (χ4n) is 2.83. The van der Waals surface area contributed by atoms with Gasteiger partial charge in [0.05, 0.1) is 13.2 Å². The number of benzene rings is 2. The largest absolute Gasteiger partial charge is 0.497 e. The van der Waals surface area contributed by atoms with E-state index in [0.717, 1.165) is 11.3 Å². The molecule has 0 heterocycles. The quantitative estimate of drug-likeness (QED) is 0.698. The van der Waals surface area contributed by atoms with E-state index in [1.165, 1.54) is 0 Å². The molecule has 4 N–H and O–H groups in total. The van der Waals surface area contributed by atoms with Crippen molar-refractivity contribution >= 4 is 17.6 Å². The van der Waals surface area contributed by atoms with E-state index in [4.69, 9.17) is 10.5 Å². The Morgan fingerprint density at radius 3 is 2.52 bits per heavy atom. The van der Waals surface area contributed by atoms with Crippen LogP contribution in [-0.4, -0.2) is 44.6 Å². The summed E-state index contributed by atoms with van der Waals surface area (Å²) in [7, 11) is 5.53. The molecule has 1 atom stereocenters. The molecule has 0 saturated carbocycles. The molecule has 0 bridgehead atoms. The zero-order chi connectivity index (χ0) is 20.0. The first-order valence-electron chi connectivity index (χ1n) is 8.57. The third-order valence-corrected chi connectivity index (χ3v) is 4.31. The summed E-state index contributed by atoms with van der Waals surface area (Å²) in [4.78, 5) is 25.6. The number of hydrogen-bond donors (Lipinski definition) is 3. The van der Waals surface area contributed by atoms with Gasteiger partial charge in [-0.3, -0.25) is 4.79 Å². The summed E-state index contributed by atoms with van der Waals surface area (Å²) in [5.74, 6) is 0.282. The minimum Gasteiger partial charge on any atom is -0.497 e. The molecule has 144 valence electrons. The normalized spacial score (nSPS) is 11.7. The minimum atomic E-state index is -0.490. The van der Waals surface area contributed by atoms with Crippen molar-refractivity contribution in [3.8, 4) is 5.75 Å². The lowest BCUT2D eigenvalue weighted by atomic mass is 10.1. The number of nitrogens with one attached hydrogen (secondary N) is 2. The molecule has 0 radical (unpaired) electrons. The number of hydrogen-bond acceptors (Lipinski definition) is 4. The van der Waals surface area contributed by atoms with Gasteiger partial charge < -0.3 is 26.0 Å². The van der Waals surface area contributed by atoms with Crippen LogP contribution in [0.15, 0.2) is 42.5 Å². The number of aryl methyl sites for hydroxylation is 1. The van der Waals surface area contributed by atoms with Crippen molar-refractivity contribution in [3.63, 3.8) is 0 Å². The molecular weight excluding hydrogens is 344 g/mol. The fraction of sp³-hybridized carbons (Fsp3) is 0.300. The van der Waals surface area contributed by atoms with E-state index in [0.29, 0.717) is 23.4 Å². The number of methoxy groups -OCH3 is 1. The molecule has 0 aromatic heterocycles. The van der Waals surface area contributed by atoms with Crippen LogP contribution >= 0.6 is 0 Å². The Morgan fingerprint density at radius 2 is 1.93 bits per heavy atom. The van der Waals surface area contributed by atoms with Crippen molar-refractivity contribution in [2.75, 3.05) is 33.1 Å². The van der Waals surface area contributed by atoms with Gasteiger partial charge in [0.1, 0.15) is 5.75 Å². The zero-order valence-electron chi connectivity index (χ0n) is 16.1. The first-order valence-corrected chi connectivity index (χ1v) is 8.57. The number of amides is 3. The molecule has 3 amide bonds. The van der Waals surface area contributed by atoms with Gasteiger partial charge in [0.25, 0.3) is 0 Å². The van der Waals surface area contributed by atoms with Crippen LogP contribution in [0.5, 0.6) is 5.75 Å². The first-order chi connectivity index (χ1) is 12.8. The molecule has 2 aromatic rings. The summed E-state index contributed by atoms with van der Waals surface area (Å²) in [6.45, 7) is 2.19. The standard InChI is InChI=1S/C20H26N4O3/c1-13-10-15(8-9-17(13)19(21)25)23-20(26)22-12-18(24(2)3)14-6-5-7-16(11-14)27-4/h5-11,18H,12H2,1-4H3,(H2,21,25)(H2,22,23,26). The molecule has 2 rings (SSSR count). The van der Waals surface area contributed by atoms with E-state index in [1.54, 1.807) is 32.2 Å². The summed E-state index contributed by atoms with van der Waals surface area (Å²) in [6.07, 6.45) is 0. The van der Waals surface area contributed by atoms with Gasteiger partial charge in [-0.05, 0) is 62.5 Å². The van der Waals surface area contributed by atoms with Crippen LogP contribution in [0.2, 0.25) is 0 Å². The van der Waals surface area contributed by atoms with Gasteiger partial charge in [-0.15, -0.1) is 0 Å². The lowest BCUT2D eigenvalue weighted by molar-refractivity contribution is 0.0999. The summed E-state index contributed by atoms with van der Waals surface area (Å²) < 4.78 is 5.28. The fourth-order valence-corrected chi connectivity index (χ4v) is 2.83. The molecule has 0 fully saturated rings. The number of ether oxygens (including phenoxy) is 1. The molecule has 0 aliphatic carbocycles. The molecule has 2 aromatic carbocycles. The second-order valence-corrected chi connectivity index (χ2v) is 6.48. The summed E-state index contributed by atoms with van der Waals surface area (Å²) in [5.41, 5.74) is 8.08. The molecule has 7 heteroatoms. The van der Waals surface area contributed by atoms with Gasteiger partial charge in [-0.25, -0.2) is 4.79 Å². The SMILES string of the molecule is COc1cccc(C(CNC(=O)Nc2ccc(C(N)=O)c(C)c2)N(C)C)c1. The second kappa shape index (κ2) is 9.05. The van der Waals surface area contributed by atoms with Crippen LogP contribution in [-0.2, 0) is 0 Å². The highest BCUT2D eigenvalue weighted by Gasteiger charge is 2.16. The Kier molecular flexibility index (Phi) is 6.79. The van der Waals surface area contributed by atoms with Gasteiger partial charge in [0, 0.05) is 17.8 Å². The Bertz CT molecular complexity index is 821. The predicted octanol–water partition coefficient (Wildman–Crippen LogP) is 2.53. The Labute approximate surface area is 159 Å². The van der Waals surface area contributed by atoms with Crippen LogP contribution < -0.4 is 21.1 Å². The highest BCUT2D eigenvalue weighted by molar-refractivity contribution is 5.95. The molecule has 0 saturated heterocycles. The molecule has 0 aliphatic rings. The Hall–Kier alpha value is -3.06. The second-order valence-electron chi connectivity index (χ2n) is 6.48. The number of primary amides is 1. The lowest BCUT2D eigenvalue weighted by Crippen LogP contribution is -2.36. The molecular formula is C20H26N4O3. The number of nitrogens with two attached hydrogens (primary N) is 1. The molecule has 7 nitrogen and oxygen atoms in total. The number of rotatable bonds is 7. The van der Waals surface area contributed by atoms with Crippen molar-refractivity contribution in [3.05, 3.63) is 59.2 Å². The van der Waals surface area contributed by atoms with Gasteiger partial charge in [0.15, 0.2) is 0 Å². The van der Waals surface area contributed by atoms with Crippen molar-refractivity contribution in [1.82, 2.24) is 10.2 Å². The minimum absolute atomic E-state index is 0.00942. The number of carbonyl (C=O) groups excluding carboxylic acids is 2. The van der Waals surface area contributed by atoms with Gasteiger partial charge in [-0.1, -0.05) is 12.1 Å². The number of likely N-dealkylation sites (N-methyl/N-ethyl adjacent to an activating group) is 1. The van der Waals surface area contributed by atoms with Crippen LogP contribution in [0.25, 0.3) is 0 Å². The number of anilines is 1. The number of urea groups is 1. The first kappa shape index (κ1) is 20.3. The molecule has 27 heavy (non-hydrogen) atoms. The summed E-state index contributed by atoms with van der Waals surface area (Å²) in [6, 6.07) is 12.4. The molecule has 0 aliphatic heterocycles. The van der Waals surface area contributed by atoms with Crippen molar-refractivity contribution in [1.29, 1.82) is 0 Å². The van der Waals surface area contributed by atoms with Crippen LogP contribution in [0.3, 0.4) is 0 Å². The zero-order valence-corrected chi connectivity index (χ0v) is 16.1. The lowest BCUT2D eigenvalue weighted by Gasteiger charge is -2.25. The highest BCUT2D eigenvalue weighted by atomic mass is 16.5. The predicted molar refractivity (Wildman–Crippen MR) is 106 cm³/mol. The van der Waals surface area contributed by atoms with Gasteiger partial charge in [0.2, 0.25) is 5.91 Å². The Morgan fingerprint density at radius 1 is 1.19 bits per heavy atom. The maximum Gasteiger partial charge on any atom is 0.319 e. The topological polar surface area (TPSA) is 96.7 Å². The van der Waals surface area contributed by atoms with Crippen LogP contribution in [0.4, 0.5) is 10.5 Å². The summed E-state index contributed by atoms with van der Waals surface area (Å²) >= 11 is 0. The van der Waals surface area contributed by atoms with E-state index in [-0.39, 0.29) is 12.1 Å². The number of carbonyl (C=O) groups is 2. The van der Waals surface area contributed by atoms with Crippen molar-refractivity contribution in [2.45, 2.75) is 13.0 Å². The molecule has 0 spiro atoms. The monoisotopic (exact) mass is 370 g/mol. The average molecular weight is 370 g/mol. The van der Waals surface area contributed by atoms with Crippen LogP contribution in [0, 0.1) is 6.92 Å². The van der Waals surface area contributed by atoms with Gasteiger partial charge in [-0.2, -0.15) is 0 Å². The third-order valence-electron chi connectivity index (χ3n) is 4.31. The Balaban J connectivity index is 2.01.